The zero-order chi connectivity index (χ0) is 13.1. The van der Waals surface area contributed by atoms with Crippen LogP contribution in [0.4, 0.5) is 0 Å². The molecular weight excluding hydrogens is 236 g/mol. The number of carboxylic acid groups (broad SMARTS) is 1. The number of carbonyl (C=O) groups is 2. The van der Waals surface area contributed by atoms with Crippen LogP contribution in [0.1, 0.15) is 32.1 Å². The van der Waals surface area contributed by atoms with Crippen LogP contribution in [-0.4, -0.2) is 58.3 Å². The Bertz CT molecular complexity index is 328. The minimum Gasteiger partial charge on any atom is -0.480 e. The zero-order valence-corrected chi connectivity index (χ0v) is 10.3. The summed E-state index contributed by atoms with van der Waals surface area (Å²) < 4.78 is 0. The number of hydrogen-bond donors (Lipinski definition) is 3. The van der Waals surface area contributed by atoms with Crippen molar-refractivity contribution in [2.45, 2.75) is 50.3 Å². The van der Waals surface area contributed by atoms with Gasteiger partial charge in [-0.1, -0.05) is 12.8 Å². The van der Waals surface area contributed by atoms with Gasteiger partial charge in [-0.3, -0.25) is 4.79 Å². The van der Waals surface area contributed by atoms with E-state index in [1.54, 1.807) is 0 Å². The van der Waals surface area contributed by atoms with Crippen molar-refractivity contribution >= 4 is 11.9 Å². The van der Waals surface area contributed by atoms with Crippen molar-refractivity contribution in [3.63, 3.8) is 0 Å². The molecule has 2 fully saturated rings. The number of β-amino-alcohol motifs (C(OH)–C–C–N with tert-alkyl or cyclic N) is 1. The number of hydrogen-bond acceptors (Lipinski definition) is 4. The molecule has 1 saturated carbocycles. The first-order chi connectivity index (χ1) is 8.58. The molecule has 3 N–H and O–H groups in total. The number of nitrogens with zero attached hydrogens (tertiary/aromatic N) is 1. The molecule has 2 atom stereocenters. The second-order valence-corrected chi connectivity index (χ2v) is 5.15. The van der Waals surface area contributed by atoms with E-state index in [9.17, 15) is 14.7 Å². The number of rotatable bonds is 4. The Morgan fingerprint density at radius 1 is 1.28 bits per heavy atom. The van der Waals surface area contributed by atoms with Gasteiger partial charge in [0.05, 0.1) is 12.6 Å². The second-order valence-electron chi connectivity index (χ2n) is 5.15. The van der Waals surface area contributed by atoms with Gasteiger partial charge in [-0.05, 0) is 12.8 Å². The smallest absolute Gasteiger partial charge is 0.326 e. The van der Waals surface area contributed by atoms with Crippen molar-refractivity contribution in [2.75, 3.05) is 13.1 Å². The number of aliphatic hydroxyl groups is 1. The van der Waals surface area contributed by atoms with Gasteiger partial charge in [0, 0.05) is 19.0 Å². The molecule has 1 aliphatic carbocycles. The highest BCUT2D eigenvalue weighted by Gasteiger charge is 2.38. The predicted octanol–water partition coefficient (Wildman–Crippen LogP) is -0.435. The van der Waals surface area contributed by atoms with Gasteiger partial charge in [-0.25, -0.2) is 4.79 Å². The summed E-state index contributed by atoms with van der Waals surface area (Å²) in [4.78, 5) is 24.2. The van der Waals surface area contributed by atoms with Gasteiger partial charge in [0.25, 0.3) is 0 Å². The Kier molecular flexibility index (Phi) is 4.19. The Morgan fingerprint density at radius 3 is 2.56 bits per heavy atom. The standard InChI is InChI=1S/C12H20N2O4/c15-9-5-10(12(17)18)14(7-9)11(16)6-13-8-3-1-2-4-8/h8-10,13,15H,1-7H2,(H,17,18)/t9-,10-/m0/s1. The molecule has 2 rings (SSSR count). The van der Waals surface area contributed by atoms with E-state index in [1.807, 2.05) is 0 Å². The van der Waals surface area contributed by atoms with E-state index in [0.717, 1.165) is 12.8 Å². The number of aliphatic carboxylic acids is 1. The normalized spacial score (nSPS) is 28.8. The van der Waals surface area contributed by atoms with E-state index in [2.05, 4.69) is 5.32 Å². The lowest BCUT2D eigenvalue weighted by Crippen LogP contribution is -2.46. The average Bonchev–Trinajstić information content (AvgIpc) is 2.94. The number of amides is 1. The first-order valence-corrected chi connectivity index (χ1v) is 6.51. The Morgan fingerprint density at radius 2 is 1.94 bits per heavy atom. The van der Waals surface area contributed by atoms with Crippen molar-refractivity contribution in [1.29, 1.82) is 0 Å². The summed E-state index contributed by atoms with van der Waals surface area (Å²) in [7, 11) is 0. The molecular formula is C12H20N2O4. The minimum absolute atomic E-state index is 0.127. The maximum atomic E-state index is 12.0. The summed E-state index contributed by atoms with van der Waals surface area (Å²) in [5.41, 5.74) is 0. The van der Waals surface area contributed by atoms with Crippen LogP contribution in [0, 0.1) is 0 Å². The summed E-state index contributed by atoms with van der Waals surface area (Å²) in [6.07, 6.45) is 3.94. The highest BCUT2D eigenvalue weighted by atomic mass is 16.4. The number of nitrogens with one attached hydrogen (secondary N) is 1. The summed E-state index contributed by atoms with van der Waals surface area (Å²) in [5, 5.41) is 21.6. The maximum Gasteiger partial charge on any atom is 0.326 e. The molecule has 0 bridgehead atoms. The summed E-state index contributed by atoms with van der Waals surface area (Å²) in [5.74, 6) is -1.27. The lowest BCUT2D eigenvalue weighted by atomic mass is 10.2. The highest BCUT2D eigenvalue weighted by molar-refractivity contribution is 5.85. The Balaban J connectivity index is 1.85. The number of likely N-dealkylation sites (tertiary alicyclic amines) is 1. The number of aliphatic hydroxyl groups excluding tert-OH is 1. The molecule has 18 heavy (non-hydrogen) atoms. The monoisotopic (exact) mass is 256 g/mol. The molecule has 1 saturated heterocycles. The highest BCUT2D eigenvalue weighted by Crippen LogP contribution is 2.19. The SMILES string of the molecule is O=C(O)[C@@H]1C[C@H](O)CN1C(=O)CNC1CCCC1. The van der Waals surface area contributed by atoms with Crippen LogP contribution in [0.2, 0.25) is 0 Å². The fraction of sp³-hybridized carbons (Fsp3) is 0.833. The molecule has 1 amide bonds. The van der Waals surface area contributed by atoms with E-state index >= 15 is 0 Å². The van der Waals surface area contributed by atoms with Crippen LogP contribution in [-0.2, 0) is 9.59 Å². The zero-order valence-electron chi connectivity index (χ0n) is 10.3. The number of carbonyl (C=O) groups excluding carboxylic acids is 1. The van der Waals surface area contributed by atoms with Gasteiger partial charge in [0.1, 0.15) is 6.04 Å². The summed E-state index contributed by atoms with van der Waals surface area (Å²) in [6.45, 7) is 0.295. The van der Waals surface area contributed by atoms with Crippen molar-refractivity contribution in [2.24, 2.45) is 0 Å². The van der Waals surface area contributed by atoms with Gasteiger partial charge in [-0.2, -0.15) is 0 Å². The van der Waals surface area contributed by atoms with Gasteiger partial charge < -0.3 is 20.4 Å². The molecule has 6 heteroatoms. The molecule has 0 radical (unpaired) electrons. The Labute approximate surface area is 106 Å². The van der Waals surface area contributed by atoms with Crippen LogP contribution in [0.15, 0.2) is 0 Å². The quantitative estimate of drug-likeness (QED) is 0.635. The first kappa shape index (κ1) is 13.3. The molecule has 1 heterocycles. The Hall–Kier alpha value is -1.14. The lowest BCUT2D eigenvalue weighted by molar-refractivity contribution is -0.147. The molecule has 0 spiro atoms. The van der Waals surface area contributed by atoms with E-state index in [1.165, 1.54) is 17.7 Å². The van der Waals surface area contributed by atoms with Crippen molar-refractivity contribution in [3.8, 4) is 0 Å². The predicted molar refractivity (Wildman–Crippen MR) is 64.0 cm³/mol. The molecule has 0 unspecified atom stereocenters. The van der Waals surface area contributed by atoms with Gasteiger partial charge in [-0.15, -0.1) is 0 Å². The van der Waals surface area contributed by atoms with Crippen LogP contribution in [0.5, 0.6) is 0 Å². The molecule has 2 aliphatic rings. The summed E-state index contributed by atoms with van der Waals surface area (Å²) in [6, 6.07) is -0.498. The van der Waals surface area contributed by atoms with Gasteiger partial charge in [0.15, 0.2) is 0 Å². The van der Waals surface area contributed by atoms with Crippen molar-refractivity contribution < 1.29 is 19.8 Å². The summed E-state index contributed by atoms with van der Waals surface area (Å²) >= 11 is 0. The molecule has 6 nitrogen and oxygen atoms in total. The molecule has 1 aliphatic heterocycles. The van der Waals surface area contributed by atoms with Crippen LogP contribution >= 0.6 is 0 Å². The second kappa shape index (κ2) is 5.67. The van der Waals surface area contributed by atoms with E-state index < -0.39 is 18.1 Å². The van der Waals surface area contributed by atoms with Crippen LogP contribution in [0.25, 0.3) is 0 Å². The van der Waals surface area contributed by atoms with Crippen molar-refractivity contribution in [1.82, 2.24) is 10.2 Å². The van der Waals surface area contributed by atoms with E-state index in [4.69, 9.17) is 5.11 Å². The third-order valence-electron chi connectivity index (χ3n) is 3.78. The van der Waals surface area contributed by atoms with Crippen LogP contribution in [0.3, 0.4) is 0 Å². The lowest BCUT2D eigenvalue weighted by Gasteiger charge is -2.22. The maximum absolute atomic E-state index is 12.0. The largest absolute Gasteiger partial charge is 0.480 e. The average molecular weight is 256 g/mol. The van der Waals surface area contributed by atoms with Crippen molar-refractivity contribution in [3.05, 3.63) is 0 Å². The van der Waals surface area contributed by atoms with Gasteiger partial charge in [0.2, 0.25) is 5.91 Å². The van der Waals surface area contributed by atoms with Gasteiger partial charge >= 0.3 is 5.97 Å². The number of carboxylic acids is 1. The van der Waals surface area contributed by atoms with E-state index in [-0.39, 0.29) is 25.4 Å². The van der Waals surface area contributed by atoms with Crippen LogP contribution < -0.4 is 5.32 Å². The fourth-order valence-corrected chi connectivity index (χ4v) is 2.79. The first-order valence-electron chi connectivity index (χ1n) is 6.51. The van der Waals surface area contributed by atoms with E-state index in [0.29, 0.717) is 6.04 Å². The molecule has 102 valence electrons. The minimum atomic E-state index is -1.04. The fourth-order valence-electron chi connectivity index (χ4n) is 2.79. The molecule has 0 aromatic rings. The topological polar surface area (TPSA) is 89.9 Å². The molecule has 0 aromatic heterocycles. The third kappa shape index (κ3) is 3.00. The third-order valence-corrected chi connectivity index (χ3v) is 3.78. The molecule has 0 aromatic carbocycles.